The molecule has 1 aliphatic heterocycles. The molecule has 1 atom stereocenters. The summed E-state index contributed by atoms with van der Waals surface area (Å²) in [6.45, 7) is 0.883. The van der Waals surface area contributed by atoms with Gasteiger partial charge in [-0.1, -0.05) is 0 Å². The molecule has 1 aliphatic rings. The van der Waals surface area contributed by atoms with Gasteiger partial charge in [-0.15, -0.1) is 0 Å². The van der Waals surface area contributed by atoms with Crippen molar-refractivity contribution in [2.24, 2.45) is 0 Å². The molecule has 0 aliphatic carbocycles. The van der Waals surface area contributed by atoms with Crippen molar-refractivity contribution < 1.29 is 17.9 Å². The van der Waals surface area contributed by atoms with Crippen LogP contribution in [0.25, 0.3) is 0 Å². The minimum atomic E-state index is -3.39. The van der Waals surface area contributed by atoms with Gasteiger partial charge in [0.2, 0.25) is 0 Å². The molecule has 19 heavy (non-hydrogen) atoms. The third-order valence-electron chi connectivity index (χ3n) is 3.34. The third-order valence-corrected chi connectivity index (χ3v) is 4.50. The number of nitrogens with one attached hydrogen (secondary N) is 1. The number of rotatable bonds is 4. The van der Waals surface area contributed by atoms with E-state index in [1.165, 1.54) is 13.4 Å². The van der Waals surface area contributed by atoms with Crippen molar-refractivity contribution in [1.82, 2.24) is 5.32 Å². The summed E-state index contributed by atoms with van der Waals surface area (Å²) in [6.07, 6.45) is 3.11. The van der Waals surface area contributed by atoms with E-state index in [-0.39, 0.29) is 10.9 Å². The quantitative estimate of drug-likeness (QED) is 0.909. The number of ether oxygens (including phenoxy) is 2. The highest BCUT2D eigenvalue weighted by Gasteiger charge is 2.30. The maximum absolute atomic E-state index is 12.1. The Kier molecular flexibility index (Phi) is 4.01. The Morgan fingerprint density at radius 2 is 1.84 bits per heavy atom. The van der Waals surface area contributed by atoms with Crippen LogP contribution >= 0.6 is 0 Å². The van der Waals surface area contributed by atoms with Crippen LogP contribution in [0.5, 0.6) is 11.5 Å². The van der Waals surface area contributed by atoms with E-state index in [0.29, 0.717) is 17.1 Å². The Bertz CT molecular complexity index is 562. The fourth-order valence-electron chi connectivity index (χ4n) is 2.54. The maximum atomic E-state index is 12.1. The van der Waals surface area contributed by atoms with Gasteiger partial charge in [-0.05, 0) is 31.5 Å². The Morgan fingerprint density at radius 3 is 2.32 bits per heavy atom. The van der Waals surface area contributed by atoms with Crippen LogP contribution in [0.15, 0.2) is 17.0 Å². The van der Waals surface area contributed by atoms with Crippen LogP contribution < -0.4 is 14.8 Å². The van der Waals surface area contributed by atoms with Gasteiger partial charge in [0.05, 0.1) is 14.2 Å². The first-order valence-corrected chi connectivity index (χ1v) is 8.06. The molecule has 1 fully saturated rings. The van der Waals surface area contributed by atoms with Gasteiger partial charge in [0, 0.05) is 17.9 Å². The standard InChI is InChI=1S/C13H19NO4S/c1-17-10-6-7-11(18-2)13(19(3,15)16)12(10)9-5-4-8-14-9/h6-7,9,14H,4-5,8H2,1-3H3. The minimum absolute atomic E-state index is 0.00484. The molecule has 1 saturated heterocycles. The second-order valence-corrected chi connectivity index (χ2v) is 6.59. The normalized spacial score (nSPS) is 19.4. The van der Waals surface area contributed by atoms with Crippen molar-refractivity contribution in [1.29, 1.82) is 0 Å². The lowest BCUT2D eigenvalue weighted by molar-refractivity contribution is 0.381. The molecule has 0 aromatic heterocycles. The van der Waals surface area contributed by atoms with Gasteiger partial charge in [-0.2, -0.15) is 0 Å². The predicted molar refractivity (Wildman–Crippen MR) is 72.6 cm³/mol. The van der Waals surface area contributed by atoms with Crippen molar-refractivity contribution in [2.75, 3.05) is 27.0 Å². The third kappa shape index (κ3) is 2.69. The average Bonchev–Trinajstić information content (AvgIpc) is 2.89. The molecular formula is C13H19NO4S. The molecule has 0 radical (unpaired) electrons. The first kappa shape index (κ1) is 14.1. The maximum Gasteiger partial charge on any atom is 0.179 e. The highest BCUT2D eigenvalue weighted by Crippen LogP contribution is 2.40. The van der Waals surface area contributed by atoms with Gasteiger partial charge in [0.25, 0.3) is 0 Å². The Balaban J connectivity index is 2.71. The zero-order valence-electron chi connectivity index (χ0n) is 11.4. The summed E-state index contributed by atoms with van der Waals surface area (Å²) in [5.41, 5.74) is 0.682. The van der Waals surface area contributed by atoms with Crippen molar-refractivity contribution in [3.8, 4) is 11.5 Å². The fourth-order valence-corrected chi connectivity index (χ4v) is 3.70. The molecule has 5 nitrogen and oxygen atoms in total. The molecule has 1 heterocycles. The molecule has 0 spiro atoms. The number of benzene rings is 1. The molecule has 1 aromatic carbocycles. The highest BCUT2D eigenvalue weighted by atomic mass is 32.2. The lowest BCUT2D eigenvalue weighted by atomic mass is 10.0. The van der Waals surface area contributed by atoms with Gasteiger partial charge in [-0.3, -0.25) is 0 Å². The summed E-state index contributed by atoms with van der Waals surface area (Å²) in [5.74, 6) is 0.952. The second kappa shape index (κ2) is 5.38. The van der Waals surface area contributed by atoms with Crippen LogP contribution in [0, 0.1) is 0 Å². The van der Waals surface area contributed by atoms with Gasteiger partial charge < -0.3 is 14.8 Å². The summed E-state index contributed by atoms with van der Waals surface area (Å²) >= 11 is 0. The molecule has 6 heteroatoms. The molecular weight excluding hydrogens is 266 g/mol. The number of methoxy groups -OCH3 is 2. The minimum Gasteiger partial charge on any atom is -0.496 e. The first-order valence-electron chi connectivity index (χ1n) is 6.17. The van der Waals surface area contributed by atoms with Crippen LogP contribution in [-0.4, -0.2) is 35.4 Å². The summed E-state index contributed by atoms with van der Waals surface area (Å²) in [5, 5.41) is 3.31. The van der Waals surface area contributed by atoms with Gasteiger partial charge in [0.1, 0.15) is 16.4 Å². The smallest absolute Gasteiger partial charge is 0.179 e. The van der Waals surface area contributed by atoms with E-state index in [9.17, 15) is 8.42 Å². The Morgan fingerprint density at radius 1 is 1.21 bits per heavy atom. The number of sulfone groups is 1. The topological polar surface area (TPSA) is 64.6 Å². The van der Waals surface area contributed by atoms with Gasteiger partial charge >= 0.3 is 0 Å². The van der Waals surface area contributed by atoms with E-state index in [4.69, 9.17) is 9.47 Å². The van der Waals surface area contributed by atoms with Crippen LogP contribution in [0.2, 0.25) is 0 Å². The Labute approximate surface area is 113 Å². The molecule has 0 bridgehead atoms. The predicted octanol–water partition coefficient (Wildman–Crippen LogP) is 1.53. The molecule has 1 aromatic rings. The van der Waals surface area contributed by atoms with E-state index in [0.717, 1.165) is 19.4 Å². The van der Waals surface area contributed by atoms with Crippen molar-refractivity contribution in [3.63, 3.8) is 0 Å². The van der Waals surface area contributed by atoms with Crippen LogP contribution in [0.1, 0.15) is 24.4 Å². The van der Waals surface area contributed by atoms with Crippen LogP contribution in [-0.2, 0) is 9.84 Å². The highest BCUT2D eigenvalue weighted by molar-refractivity contribution is 7.90. The lowest BCUT2D eigenvalue weighted by Gasteiger charge is -2.20. The SMILES string of the molecule is COc1ccc(OC)c(S(C)(=O)=O)c1C1CCCN1. The first-order chi connectivity index (χ1) is 8.99. The van der Waals surface area contributed by atoms with Crippen LogP contribution in [0.3, 0.4) is 0 Å². The van der Waals surface area contributed by atoms with E-state index in [1.54, 1.807) is 19.2 Å². The second-order valence-electron chi connectivity index (χ2n) is 4.63. The molecule has 1 N–H and O–H groups in total. The summed E-state index contributed by atoms with van der Waals surface area (Å²) in [4.78, 5) is 0.230. The Hall–Kier alpha value is -1.27. The number of hydrogen-bond acceptors (Lipinski definition) is 5. The molecule has 1 unspecified atom stereocenters. The van der Waals surface area contributed by atoms with E-state index in [2.05, 4.69) is 5.32 Å². The van der Waals surface area contributed by atoms with E-state index >= 15 is 0 Å². The number of hydrogen-bond donors (Lipinski definition) is 1. The average molecular weight is 285 g/mol. The summed E-state index contributed by atoms with van der Waals surface area (Å²) in [7, 11) is -0.369. The monoisotopic (exact) mass is 285 g/mol. The lowest BCUT2D eigenvalue weighted by Crippen LogP contribution is -2.18. The van der Waals surface area contributed by atoms with Crippen LogP contribution in [0.4, 0.5) is 0 Å². The largest absolute Gasteiger partial charge is 0.496 e. The molecule has 2 rings (SSSR count). The fraction of sp³-hybridized carbons (Fsp3) is 0.538. The van der Waals surface area contributed by atoms with Gasteiger partial charge in [0.15, 0.2) is 9.84 Å². The summed E-state index contributed by atoms with van der Waals surface area (Å²) < 4.78 is 34.7. The molecule has 106 valence electrons. The van der Waals surface area contributed by atoms with Crippen molar-refractivity contribution in [3.05, 3.63) is 17.7 Å². The van der Waals surface area contributed by atoms with E-state index in [1.807, 2.05) is 0 Å². The van der Waals surface area contributed by atoms with Crippen molar-refractivity contribution in [2.45, 2.75) is 23.8 Å². The van der Waals surface area contributed by atoms with E-state index < -0.39 is 9.84 Å². The molecule has 0 saturated carbocycles. The summed E-state index contributed by atoms with van der Waals surface area (Å²) in [6, 6.07) is 3.38. The molecule has 0 amide bonds. The zero-order valence-corrected chi connectivity index (χ0v) is 12.2. The van der Waals surface area contributed by atoms with Gasteiger partial charge in [-0.25, -0.2) is 8.42 Å². The van der Waals surface area contributed by atoms with Crippen molar-refractivity contribution >= 4 is 9.84 Å². The zero-order chi connectivity index (χ0) is 14.0.